The van der Waals surface area contributed by atoms with Crippen LogP contribution in [0.5, 0.6) is 5.75 Å². The summed E-state index contributed by atoms with van der Waals surface area (Å²) in [5.41, 5.74) is 0.275. The van der Waals surface area contributed by atoms with Gasteiger partial charge in [-0.2, -0.15) is 5.26 Å². The number of benzene rings is 1. The van der Waals surface area contributed by atoms with Crippen molar-refractivity contribution in [1.82, 2.24) is 0 Å². The molecule has 0 aromatic heterocycles. The summed E-state index contributed by atoms with van der Waals surface area (Å²) in [7, 11) is 0. The summed E-state index contributed by atoms with van der Waals surface area (Å²) in [6, 6.07) is 6.40. The van der Waals surface area contributed by atoms with Crippen molar-refractivity contribution >= 4 is 21.6 Å². The predicted molar refractivity (Wildman–Crippen MR) is 68.8 cm³/mol. The summed E-state index contributed by atoms with van der Waals surface area (Å²) in [6.45, 7) is 0.484. The van der Waals surface area contributed by atoms with Gasteiger partial charge in [0, 0.05) is 17.4 Å². The molecule has 1 aromatic carbocycles. The molecule has 0 fully saturated rings. The molecule has 1 rings (SSSR count). The maximum Gasteiger partial charge on any atom is 0.573 e. The van der Waals surface area contributed by atoms with E-state index in [4.69, 9.17) is 5.26 Å². The molecule has 0 aliphatic heterocycles. The third kappa shape index (κ3) is 6.34. The van der Waals surface area contributed by atoms with E-state index in [1.165, 1.54) is 12.1 Å². The van der Waals surface area contributed by atoms with E-state index < -0.39 is 6.36 Å². The van der Waals surface area contributed by atoms with Crippen LogP contribution < -0.4 is 10.1 Å². The largest absolute Gasteiger partial charge is 0.573 e. The van der Waals surface area contributed by atoms with Gasteiger partial charge in [0.1, 0.15) is 0 Å². The predicted octanol–water partition coefficient (Wildman–Crippen LogP) is 4.45. The van der Waals surface area contributed by atoms with Crippen LogP contribution in [0.2, 0.25) is 0 Å². The lowest BCUT2D eigenvalue weighted by atomic mass is 10.2. The highest BCUT2D eigenvalue weighted by Crippen LogP contribution is 2.32. The molecule has 19 heavy (non-hydrogen) atoms. The number of alkyl halides is 3. The van der Waals surface area contributed by atoms with Crippen molar-refractivity contribution in [3.05, 3.63) is 22.7 Å². The summed E-state index contributed by atoms with van der Waals surface area (Å²) in [5, 5.41) is 11.2. The van der Waals surface area contributed by atoms with Crippen LogP contribution >= 0.6 is 15.9 Å². The van der Waals surface area contributed by atoms with Crippen LogP contribution in [0.4, 0.5) is 18.9 Å². The molecule has 1 aromatic rings. The molecule has 0 saturated carbocycles. The fraction of sp³-hybridized carbons (Fsp3) is 0.417. The number of nitriles is 1. The highest BCUT2D eigenvalue weighted by atomic mass is 79.9. The highest BCUT2D eigenvalue weighted by molar-refractivity contribution is 9.10. The molecule has 0 unspecified atom stereocenters. The van der Waals surface area contributed by atoms with Crippen molar-refractivity contribution < 1.29 is 17.9 Å². The van der Waals surface area contributed by atoms with Crippen LogP contribution in [0.25, 0.3) is 0 Å². The molecule has 0 bridgehead atoms. The molecule has 0 heterocycles. The Morgan fingerprint density at radius 2 is 2.05 bits per heavy atom. The average Bonchev–Trinajstić information content (AvgIpc) is 2.29. The van der Waals surface area contributed by atoms with Crippen molar-refractivity contribution in [3.8, 4) is 11.8 Å². The summed E-state index contributed by atoms with van der Waals surface area (Å²) < 4.78 is 41.2. The van der Waals surface area contributed by atoms with Gasteiger partial charge in [0.2, 0.25) is 0 Å². The summed E-state index contributed by atoms with van der Waals surface area (Å²) in [6.07, 6.45) is -2.88. The van der Waals surface area contributed by atoms with Crippen molar-refractivity contribution in [3.63, 3.8) is 0 Å². The second-order valence-electron chi connectivity index (χ2n) is 3.73. The second kappa shape index (κ2) is 7.24. The first kappa shape index (κ1) is 15.6. The fourth-order valence-electron chi connectivity index (χ4n) is 1.40. The van der Waals surface area contributed by atoms with E-state index >= 15 is 0 Å². The van der Waals surface area contributed by atoms with Gasteiger partial charge in [-0.05, 0) is 31.0 Å². The summed E-state index contributed by atoms with van der Waals surface area (Å²) >= 11 is 3.10. The van der Waals surface area contributed by atoms with E-state index in [0.29, 0.717) is 30.3 Å². The van der Waals surface area contributed by atoms with Gasteiger partial charge in [-0.1, -0.05) is 15.9 Å². The lowest BCUT2D eigenvalue weighted by Gasteiger charge is -2.14. The minimum Gasteiger partial charge on any atom is -0.404 e. The van der Waals surface area contributed by atoms with Crippen LogP contribution in [-0.4, -0.2) is 12.9 Å². The van der Waals surface area contributed by atoms with Gasteiger partial charge < -0.3 is 10.1 Å². The number of halogens is 4. The van der Waals surface area contributed by atoms with E-state index in [-0.39, 0.29) is 11.4 Å². The highest BCUT2D eigenvalue weighted by Gasteiger charge is 2.32. The van der Waals surface area contributed by atoms with Gasteiger partial charge in [0.25, 0.3) is 0 Å². The zero-order valence-corrected chi connectivity index (χ0v) is 11.5. The molecule has 104 valence electrons. The molecule has 0 atom stereocenters. The van der Waals surface area contributed by atoms with Crippen molar-refractivity contribution in [2.45, 2.75) is 25.6 Å². The zero-order valence-electron chi connectivity index (χ0n) is 9.93. The first-order valence-corrected chi connectivity index (χ1v) is 6.38. The molecule has 0 aliphatic rings. The number of rotatable bonds is 6. The van der Waals surface area contributed by atoms with Gasteiger partial charge in [0.15, 0.2) is 5.75 Å². The van der Waals surface area contributed by atoms with Crippen molar-refractivity contribution in [2.24, 2.45) is 0 Å². The van der Waals surface area contributed by atoms with Crippen LogP contribution in [0, 0.1) is 11.3 Å². The molecular formula is C12H12BrF3N2O. The van der Waals surface area contributed by atoms with E-state index in [9.17, 15) is 13.2 Å². The molecule has 0 amide bonds. The molecular weight excluding hydrogens is 325 g/mol. The third-order valence-corrected chi connectivity index (χ3v) is 2.69. The Hall–Kier alpha value is -1.42. The quantitative estimate of drug-likeness (QED) is 0.780. The van der Waals surface area contributed by atoms with Crippen molar-refractivity contribution in [1.29, 1.82) is 5.26 Å². The maximum absolute atomic E-state index is 12.2. The Morgan fingerprint density at radius 1 is 1.32 bits per heavy atom. The van der Waals surface area contributed by atoms with Gasteiger partial charge in [-0.25, -0.2) is 0 Å². The Balaban J connectivity index is 2.64. The number of ether oxygens (including phenoxy) is 1. The van der Waals surface area contributed by atoms with E-state index in [0.717, 1.165) is 0 Å². The Morgan fingerprint density at radius 3 is 2.68 bits per heavy atom. The molecule has 0 aliphatic carbocycles. The number of hydrogen-bond acceptors (Lipinski definition) is 3. The Bertz CT molecular complexity index is 457. The van der Waals surface area contributed by atoms with E-state index in [2.05, 4.69) is 26.0 Å². The Labute approximate surface area is 117 Å². The normalized spacial score (nSPS) is 10.9. The SMILES string of the molecule is N#CCCCCNc1ccc(Br)cc1OC(F)(F)F. The number of hydrogen-bond donors (Lipinski definition) is 1. The molecule has 0 saturated heterocycles. The van der Waals surface area contributed by atoms with Crippen molar-refractivity contribution in [2.75, 3.05) is 11.9 Å². The molecule has 1 N–H and O–H groups in total. The first-order chi connectivity index (χ1) is 8.92. The van der Waals surface area contributed by atoms with Crippen LogP contribution in [-0.2, 0) is 0 Å². The monoisotopic (exact) mass is 336 g/mol. The standard InChI is InChI=1S/C12H12BrF3N2O/c13-9-4-5-10(18-7-3-1-2-6-17)11(8-9)19-12(14,15)16/h4-5,8,18H,1-3,7H2. The lowest BCUT2D eigenvalue weighted by Crippen LogP contribution is -2.18. The summed E-state index contributed by atoms with van der Waals surface area (Å²) in [5.74, 6) is -0.276. The van der Waals surface area contributed by atoms with Crippen LogP contribution in [0.15, 0.2) is 22.7 Å². The lowest BCUT2D eigenvalue weighted by molar-refractivity contribution is -0.274. The van der Waals surface area contributed by atoms with Crippen LogP contribution in [0.1, 0.15) is 19.3 Å². The van der Waals surface area contributed by atoms with Gasteiger partial charge in [0.05, 0.1) is 11.8 Å². The minimum absolute atomic E-state index is 0.275. The van der Waals surface area contributed by atoms with E-state index in [1.54, 1.807) is 6.07 Å². The summed E-state index contributed by atoms with van der Waals surface area (Å²) in [4.78, 5) is 0. The minimum atomic E-state index is -4.72. The second-order valence-corrected chi connectivity index (χ2v) is 4.65. The third-order valence-electron chi connectivity index (χ3n) is 2.20. The maximum atomic E-state index is 12.2. The fourth-order valence-corrected chi connectivity index (χ4v) is 1.74. The molecule has 7 heteroatoms. The molecule has 3 nitrogen and oxygen atoms in total. The Kier molecular flexibility index (Phi) is 5.96. The average molecular weight is 337 g/mol. The number of unbranched alkanes of at least 4 members (excludes halogenated alkanes) is 2. The number of anilines is 1. The van der Waals surface area contributed by atoms with Gasteiger partial charge in [-0.3, -0.25) is 0 Å². The van der Waals surface area contributed by atoms with Crippen LogP contribution in [0.3, 0.4) is 0 Å². The molecule has 0 spiro atoms. The van der Waals surface area contributed by atoms with E-state index in [1.807, 2.05) is 6.07 Å². The number of nitrogens with one attached hydrogen (secondary N) is 1. The smallest absolute Gasteiger partial charge is 0.404 e. The topological polar surface area (TPSA) is 45.0 Å². The first-order valence-electron chi connectivity index (χ1n) is 5.58. The number of nitrogens with zero attached hydrogens (tertiary/aromatic N) is 1. The van der Waals surface area contributed by atoms with Gasteiger partial charge >= 0.3 is 6.36 Å². The molecule has 0 radical (unpaired) electrons. The zero-order chi connectivity index (χ0) is 14.3. The van der Waals surface area contributed by atoms with Gasteiger partial charge in [-0.15, -0.1) is 13.2 Å².